The number of nitrogens with zero attached hydrogens (tertiary/aromatic N) is 2. The summed E-state index contributed by atoms with van der Waals surface area (Å²) in [6.07, 6.45) is 6.11. The molecule has 2 N–H and O–H groups in total. The fraction of sp³-hybridized carbons (Fsp3) is 0.125. The minimum Gasteiger partial charge on any atom is -0.497 e. The van der Waals surface area contributed by atoms with Gasteiger partial charge in [-0.2, -0.15) is 5.10 Å². The predicted molar refractivity (Wildman–Crippen MR) is 81.2 cm³/mol. The molecule has 6 heteroatoms. The van der Waals surface area contributed by atoms with E-state index in [0.29, 0.717) is 0 Å². The molecule has 0 saturated heterocycles. The molecule has 0 aliphatic carbocycles. The van der Waals surface area contributed by atoms with E-state index >= 15 is 0 Å². The first kappa shape index (κ1) is 13.9. The van der Waals surface area contributed by atoms with Crippen LogP contribution in [0.5, 0.6) is 5.75 Å². The van der Waals surface area contributed by atoms with Crippen LogP contribution in [-0.2, 0) is 4.79 Å². The van der Waals surface area contributed by atoms with Crippen molar-refractivity contribution >= 4 is 5.97 Å². The van der Waals surface area contributed by atoms with E-state index in [4.69, 9.17) is 9.84 Å². The Hall–Kier alpha value is -3.02. The van der Waals surface area contributed by atoms with Gasteiger partial charge in [0, 0.05) is 11.8 Å². The highest BCUT2D eigenvalue weighted by Gasteiger charge is 2.18. The van der Waals surface area contributed by atoms with E-state index in [2.05, 4.69) is 10.4 Å². The lowest BCUT2D eigenvalue weighted by Crippen LogP contribution is -2.25. The maximum Gasteiger partial charge on any atom is 0.335 e. The molecule has 2 heterocycles. The largest absolute Gasteiger partial charge is 0.497 e. The summed E-state index contributed by atoms with van der Waals surface area (Å²) in [5.74, 6) is -0.178. The molecule has 1 unspecified atom stereocenters. The first-order valence-electron chi connectivity index (χ1n) is 6.74. The zero-order valence-electron chi connectivity index (χ0n) is 11.9. The Balaban J connectivity index is 1.95. The Morgan fingerprint density at radius 3 is 2.77 bits per heavy atom. The fourth-order valence-corrected chi connectivity index (χ4v) is 2.32. The predicted octanol–water partition coefficient (Wildman–Crippen LogP) is 2.19. The molecule has 22 heavy (non-hydrogen) atoms. The van der Waals surface area contributed by atoms with Crippen LogP contribution in [0.3, 0.4) is 0 Å². The zero-order chi connectivity index (χ0) is 15.5. The van der Waals surface area contributed by atoms with Crippen molar-refractivity contribution in [2.45, 2.75) is 6.17 Å². The molecule has 2 aromatic rings. The monoisotopic (exact) mass is 297 g/mol. The van der Waals surface area contributed by atoms with Crippen LogP contribution in [0, 0.1) is 0 Å². The first-order valence-corrected chi connectivity index (χ1v) is 6.74. The minimum absolute atomic E-state index is 0.236. The summed E-state index contributed by atoms with van der Waals surface area (Å²) in [5.41, 5.74) is 2.09. The number of methoxy groups -OCH3 is 1. The molecule has 0 spiro atoms. The highest BCUT2D eigenvalue weighted by atomic mass is 16.5. The summed E-state index contributed by atoms with van der Waals surface area (Å²) in [7, 11) is 1.62. The van der Waals surface area contributed by atoms with Crippen molar-refractivity contribution in [1.82, 2.24) is 15.1 Å². The Labute approximate surface area is 127 Å². The number of aliphatic carboxylic acids is 1. The van der Waals surface area contributed by atoms with Crippen molar-refractivity contribution in [1.29, 1.82) is 0 Å². The van der Waals surface area contributed by atoms with Crippen molar-refractivity contribution in [3.05, 3.63) is 60.5 Å². The number of ether oxygens (including phenoxy) is 1. The molecule has 1 aromatic heterocycles. The lowest BCUT2D eigenvalue weighted by Gasteiger charge is -2.20. The molecule has 1 atom stereocenters. The van der Waals surface area contributed by atoms with Crippen LogP contribution in [0.4, 0.5) is 0 Å². The van der Waals surface area contributed by atoms with Crippen LogP contribution in [0.25, 0.3) is 11.3 Å². The summed E-state index contributed by atoms with van der Waals surface area (Å²) in [6, 6.07) is 9.51. The van der Waals surface area contributed by atoms with Gasteiger partial charge in [0.1, 0.15) is 11.9 Å². The molecule has 0 amide bonds. The molecule has 1 aliphatic rings. The summed E-state index contributed by atoms with van der Waals surface area (Å²) < 4.78 is 6.90. The van der Waals surface area contributed by atoms with Crippen molar-refractivity contribution in [2.24, 2.45) is 0 Å². The third-order valence-corrected chi connectivity index (χ3v) is 3.43. The van der Waals surface area contributed by atoms with Crippen LogP contribution in [0.1, 0.15) is 6.17 Å². The molecule has 0 radical (unpaired) electrons. The molecular weight excluding hydrogens is 282 g/mol. The number of carbonyl (C=O) groups is 1. The number of hydrogen-bond donors (Lipinski definition) is 2. The van der Waals surface area contributed by atoms with Gasteiger partial charge < -0.3 is 15.2 Å². The van der Waals surface area contributed by atoms with Gasteiger partial charge in [-0.1, -0.05) is 0 Å². The van der Waals surface area contributed by atoms with E-state index in [1.165, 1.54) is 6.08 Å². The SMILES string of the molecule is COc1ccc(-c2ccnn2C2C=C(C(=O)O)C=CN2)cc1. The number of nitrogens with one attached hydrogen (secondary N) is 1. The molecule has 0 saturated carbocycles. The number of carboxylic acids is 1. The maximum absolute atomic E-state index is 11.1. The smallest absolute Gasteiger partial charge is 0.335 e. The molecule has 1 aromatic carbocycles. The molecule has 1 aliphatic heterocycles. The van der Waals surface area contributed by atoms with E-state index < -0.39 is 5.97 Å². The third-order valence-electron chi connectivity index (χ3n) is 3.43. The van der Waals surface area contributed by atoms with Crippen LogP contribution in [-0.4, -0.2) is 28.0 Å². The zero-order valence-corrected chi connectivity index (χ0v) is 11.9. The summed E-state index contributed by atoms with van der Waals surface area (Å²) in [5, 5.41) is 16.5. The van der Waals surface area contributed by atoms with Gasteiger partial charge >= 0.3 is 5.97 Å². The Morgan fingerprint density at radius 2 is 2.09 bits per heavy atom. The number of aromatic nitrogens is 2. The number of benzene rings is 1. The van der Waals surface area contributed by atoms with E-state index in [1.54, 1.807) is 30.3 Å². The highest BCUT2D eigenvalue weighted by molar-refractivity contribution is 5.90. The van der Waals surface area contributed by atoms with E-state index in [-0.39, 0.29) is 11.7 Å². The molecular formula is C16H15N3O3. The standard InChI is InChI=1S/C16H15N3O3/c1-22-13-4-2-11(3-5-13)14-7-9-18-19(14)15-10-12(16(20)21)6-8-17-15/h2-10,15,17H,1H3,(H,20,21). The second-order valence-electron chi connectivity index (χ2n) is 4.76. The summed E-state index contributed by atoms with van der Waals surface area (Å²) >= 11 is 0. The number of carboxylic acid groups (broad SMARTS) is 1. The molecule has 112 valence electrons. The van der Waals surface area contributed by atoms with Crippen LogP contribution in [0.2, 0.25) is 0 Å². The summed E-state index contributed by atoms with van der Waals surface area (Å²) in [4.78, 5) is 11.1. The average Bonchev–Trinajstić information content (AvgIpc) is 3.04. The van der Waals surface area contributed by atoms with Crippen LogP contribution >= 0.6 is 0 Å². The topological polar surface area (TPSA) is 76.4 Å². The van der Waals surface area contributed by atoms with Gasteiger partial charge in [0.15, 0.2) is 0 Å². The second-order valence-corrected chi connectivity index (χ2v) is 4.76. The van der Waals surface area contributed by atoms with Gasteiger partial charge in [-0.15, -0.1) is 0 Å². The van der Waals surface area contributed by atoms with Gasteiger partial charge in [-0.05, 0) is 48.7 Å². The molecule has 0 bridgehead atoms. The Kier molecular flexibility index (Phi) is 3.65. The minimum atomic E-state index is -0.957. The Morgan fingerprint density at radius 1 is 1.32 bits per heavy atom. The van der Waals surface area contributed by atoms with Crippen molar-refractivity contribution < 1.29 is 14.6 Å². The quantitative estimate of drug-likeness (QED) is 0.904. The van der Waals surface area contributed by atoms with Gasteiger partial charge in [-0.25, -0.2) is 9.48 Å². The van der Waals surface area contributed by atoms with Gasteiger partial charge in [-0.3, -0.25) is 0 Å². The lowest BCUT2D eigenvalue weighted by atomic mass is 10.1. The van der Waals surface area contributed by atoms with Crippen molar-refractivity contribution in [3.8, 4) is 17.0 Å². The maximum atomic E-state index is 11.1. The first-order chi connectivity index (χ1) is 10.7. The molecule has 0 fully saturated rings. The number of hydrogen-bond acceptors (Lipinski definition) is 4. The van der Waals surface area contributed by atoms with Crippen LogP contribution < -0.4 is 10.1 Å². The molecule has 3 rings (SSSR count). The van der Waals surface area contributed by atoms with Gasteiger partial charge in [0.05, 0.1) is 18.4 Å². The lowest BCUT2D eigenvalue weighted by molar-refractivity contribution is -0.132. The average molecular weight is 297 g/mol. The number of dihydropyridines is 1. The normalized spacial score (nSPS) is 16.8. The third kappa shape index (κ3) is 2.58. The fourth-order valence-electron chi connectivity index (χ4n) is 2.32. The second kappa shape index (κ2) is 5.77. The van der Waals surface area contributed by atoms with E-state index in [0.717, 1.165) is 17.0 Å². The van der Waals surface area contributed by atoms with E-state index in [9.17, 15) is 4.79 Å². The summed E-state index contributed by atoms with van der Waals surface area (Å²) in [6.45, 7) is 0. The van der Waals surface area contributed by atoms with Gasteiger partial charge in [0.25, 0.3) is 0 Å². The van der Waals surface area contributed by atoms with Crippen molar-refractivity contribution in [3.63, 3.8) is 0 Å². The van der Waals surface area contributed by atoms with Crippen molar-refractivity contribution in [2.75, 3.05) is 7.11 Å². The molecule has 6 nitrogen and oxygen atoms in total. The Bertz CT molecular complexity index is 744. The van der Waals surface area contributed by atoms with Crippen LogP contribution in [0.15, 0.2) is 60.5 Å². The number of rotatable bonds is 4. The van der Waals surface area contributed by atoms with Gasteiger partial charge in [0.2, 0.25) is 0 Å². The highest BCUT2D eigenvalue weighted by Crippen LogP contribution is 2.25. The van der Waals surface area contributed by atoms with E-state index in [1.807, 2.05) is 30.3 Å².